The monoisotopic (exact) mass is 527 g/mol. The summed E-state index contributed by atoms with van der Waals surface area (Å²) in [5.74, 6) is 1.82. The number of allylic oxidation sites excluding steroid dienone is 1. The second-order valence-electron chi connectivity index (χ2n) is 7.16. The predicted molar refractivity (Wildman–Crippen MR) is 141 cm³/mol. The minimum Gasteiger partial charge on any atom is -0.493 e. The Morgan fingerprint density at radius 2 is 1.89 bits per heavy atom. The molecule has 0 aliphatic heterocycles. The summed E-state index contributed by atoms with van der Waals surface area (Å²) in [5, 5.41) is 15.2. The molecule has 0 saturated heterocycles. The van der Waals surface area contributed by atoms with Gasteiger partial charge in [-0.2, -0.15) is 0 Å². The number of benzene rings is 2. The van der Waals surface area contributed by atoms with Gasteiger partial charge in [-0.1, -0.05) is 41.6 Å². The average Bonchev–Trinajstić information content (AvgIpc) is 3.50. The summed E-state index contributed by atoms with van der Waals surface area (Å²) < 4.78 is 12.6. The number of aromatic nitrogens is 4. The van der Waals surface area contributed by atoms with Gasteiger partial charge in [-0.15, -0.1) is 28.1 Å². The Labute approximate surface area is 216 Å². The third-order valence-electron chi connectivity index (χ3n) is 4.89. The minimum atomic E-state index is -0.187. The Balaban J connectivity index is 1.44. The lowest BCUT2D eigenvalue weighted by Crippen LogP contribution is -2.14. The topological polar surface area (TPSA) is 91.2 Å². The molecule has 0 fully saturated rings. The summed E-state index contributed by atoms with van der Waals surface area (Å²) in [5.41, 5.74) is 2.52. The van der Waals surface area contributed by atoms with E-state index in [-0.39, 0.29) is 11.7 Å². The molecule has 180 valence electrons. The molecule has 2 aromatic carbocycles. The first kappa shape index (κ1) is 24.8. The van der Waals surface area contributed by atoms with Crippen molar-refractivity contribution in [2.24, 2.45) is 0 Å². The van der Waals surface area contributed by atoms with Gasteiger partial charge in [0.2, 0.25) is 5.91 Å². The number of carbonyl (C=O) groups excluding carboxylic acids is 1. The molecule has 8 nitrogen and oxygen atoms in total. The zero-order valence-electron chi connectivity index (χ0n) is 19.0. The fourth-order valence-electron chi connectivity index (χ4n) is 3.25. The van der Waals surface area contributed by atoms with Crippen LogP contribution in [0.1, 0.15) is 0 Å². The standard InChI is InChI=1S/C24H22ClN5O3S2/c1-4-11-30-22(16-7-10-19(32-2)20(12-16)33-3)28-29-24(30)35-14-21(31)27-23-26-18(13-34-23)15-5-8-17(25)9-6-15/h4-10,12-13H,1,11,14H2,2-3H3,(H,26,27,31). The Kier molecular flexibility index (Phi) is 8.06. The maximum Gasteiger partial charge on any atom is 0.236 e. The van der Waals surface area contributed by atoms with E-state index in [4.69, 9.17) is 21.1 Å². The third-order valence-corrected chi connectivity index (χ3v) is 6.87. The maximum atomic E-state index is 12.6. The summed E-state index contributed by atoms with van der Waals surface area (Å²) in [6.07, 6.45) is 1.76. The highest BCUT2D eigenvalue weighted by atomic mass is 35.5. The minimum absolute atomic E-state index is 0.150. The van der Waals surface area contributed by atoms with Crippen molar-refractivity contribution < 1.29 is 14.3 Å². The number of amides is 1. The number of carbonyl (C=O) groups is 1. The molecule has 0 aliphatic rings. The van der Waals surface area contributed by atoms with Crippen LogP contribution >= 0.6 is 34.7 Å². The predicted octanol–water partition coefficient (Wildman–Crippen LogP) is 5.66. The van der Waals surface area contributed by atoms with E-state index in [2.05, 4.69) is 27.1 Å². The number of thiazole rings is 1. The second-order valence-corrected chi connectivity index (χ2v) is 9.39. The quantitative estimate of drug-likeness (QED) is 0.210. The van der Waals surface area contributed by atoms with Gasteiger partial charge in [0.1, 0.15) is 0 Å². The number of anilines is 1. The Morgan fingerprint density at radius 1 is 1.14 bits per heavy atom. The van der Waals surface area contributed by atoms with Gasteiger partial charge in [0.05, 0.1) is 25.7 Å². The highest BCUT2D eigenvalue weighted by molar-refractivity contribution is 7.99. The third kappa shape index (κ3) is 5.84. The molecule has 1 amide bonds. The number of halogens is 1. The molecule has 11 heteroatoms. The van der Waals surface area contributed by atoms with Crippen molar-refractivity contribution in [2.45, 2.75) is 11.7 Å². The van der Waals surface area contributed by atoms with Gasteiger partial charge in [-0.3, -0.25) is 9.36 Å². The zero-order valence-corrected chi connectivity index (χ0v) is 21.4. The fourth-order valence-corrected chi connectivity index (χ4v) is 4.86. The first-order valence-electron chi connectivity index (χ1n) is 10.4. The van der Waals surface area contributed by atoms with E-state index in [0.717, 1.165) is 16.8 Å². The van der Waals surface area contributed by atoms with Crippen molar-refractivity contribution in [3.8, 4) is 34.1 Å². The molecule has 4 rings (SSSR count). The first-order valence-corrected chi connectivity index (χ1v) is 12.7. The van der Waals surface area contributed by atoms with E-state index in [1.54, 1.807) is 32.4 Å². The molecule has 0 unspecified atom stereocenters. The molecule has 4 aromatic rings. The van der Waals surface area contributed by atoms with Crippen LogP contribution in [0.2, 0.25) is 5.02 Å². The molecule has 0 atom stereocenters. The lowest BCUT2D eigenvalue weighted by Gasteiger charge is -2.11. The zero-order chi connectivity index (χ0) is 24.8. The van der Waals surface area contributed by atoms with Crippen LogP contribution in [0.25, 0.3) is 22.6 Å². The van der Waals surface area contributed by atoms with Crippen LogP contribution in [-0.4, -0.2) is 45.6 Å². The Bertz CT molecular complexity index is 1340. The van der Waals surface area contributed by atoms with Crippen LogP contribution in [0.3, 0.4) is 0 Å². The molecule has 0 bridgehead atoms. The summed E-state index contributed by atoms with van der Waals surface area (Å²) in [6, 6.07) is 12.9. The number of hydrogen-bond donors (Lipinski definition) is 1. The molecule has 0 aliphatic carbocycles. The lowest BCUT2D eigenvalue weighted by atomic mass is 10.2. The van der Waals surface area contributed by atoms with E-state index < -0.39 is 0 Å². The van der Waals surface area contributed by atoms with Gasteiger partial charge in [-0.25, -0.2) is 4.98 Å². The van der Waals surface area contributed by atoms with Crippen LogP contribution in [0.15, 0.2) is 65.7 Å². The molecule has 0 radical (unpaired) electrons. The van der Waals surface area contributed by atoms with Crippen LogP contribution < -0.4 is 14.8 Å². The van der Waals surface area contributed by atoms with Crippen molar-refractivity contribution in [1.82, 2.24) is 19.7 Å². The van der Waals surface area contributed by atoms with Gasteiger partial charge >= 0.3 is 0 Å². The van der Waals surface area contributed by atoms with Crippen molar-refractivity contribution in [2.75, 3.05) is 25.3 Å². The summed E-state index contributed by atoms with van der Waals surface area (Å²) >= 11 is 8.60. The van der Waals surface area contributed by atoms with Crippen molar-refractivity contribution in [1.29, 1.82) is 0 Å². The highest BCUT2D eigenvalue weighted by Gasteiger charge is 2.17. The van der Waals surface area contributed by atoms with E-state index >= 15 is 0 Å². The number of nitrogens with one attached hydrogen (secondary N) is 1. The highest BCUT2D eigenvalue weighted by Crippen LogP contribution is 2.33. The number of ether oxygens (including phenoxy) is 2. The summed E-state index contributed by atoms with van der Waals surface area (Å²) in [7, 11) is 3.17. The second kappa shape index (κ2) is 11.4. The van der Waals surface area contributed by atoms with E-state index in [1.165, 1.54) is 23.1 Å². The van der Waals surface area contributed by atoms with Gasteiger partial charge in [-0.05, 0) is 30.3 Å². The molecule has 2 aromatic heterocycles. The Hall–Kier alpha value is -3.34. The lowest BCUT2D eigenvalue weighted by molar-refractivity contribution is -0.113. The van der Waals surface area contributed by atoms with Gasteiger partial charge < -0.3 is 14.8 Å². The maximum absolute atomic E-state index is 12.6. The van der Waals surface area contributed by atoms with E-state index in [0.29, 0.717) is 39.2 Å². The average molecular weight is 528 g/mol. The molecule has 2 heterocycles. The van der Waals surface area contributed by atoms with E-state index in [9.17, 15) is 4.79 Å². The van der Waals surface area contributed by atoms with Crippen molar-refractivity contribution in [3.63, 3.8) is 0 Å². The molecular weight excluding hydrogens is 506 g/mol. The smallest absolute Gasteiger partial charge is 0.236 e. The van der Waals surface area contributed by atoms with Crippen LogP contribution in [0.4, 0.5) is 5.13 Å². The molecule has 1 N–H and O–H groups in total. The van der Waals surface area contributed by atoms with Gasteiger partial charge in [0.25, 0.3) is 0 Å². The van der Waals surface area contributed by atoms with Crippen molar-refractivity contribution >= 4 is 45.7 Å². The summed E-state index contributed by atoms with van der Waals surface area (Å²) in [6.45, 7) is 4.32. The molecule has 35 heavy (non-hydrogen) atoms. The number of nitrogens with zero attached hydrogens (tertiary/aromatic N) is 4. The van der Waals surface area contributed by atoms with Crippen LogP contribution in [0, 0.1) is 0 Å². The van der Waals surface area contributed by atoms with Gasteiger partial charge in [0.15, 0.2) is 27.6 Å². The van der Waals surface area contributed by atoms with Crippen molar-refractivity contribution in [3.05, 3.63) is 65.5 Å². The molecule has 0 saturated carbocycles. The number of hydrogen-bond acceptors (Lipinski definition) is 8. The largest absolute Gasteiger partial charge is 0.493 e. The molecular formula is C24H22ClN5O3S2. The Morgan fingerprint density at radius 3 is 2.60 bits per heavy atom. The molecule has 0 spiro atoms. The first-order chi connectivity index (χ1) is 17.0. The van der Waals surface area contributed by atoms with Gasteiger partial charge in [0, 0.05) is 28.1 Å². The van der Waals surface area contributed by atoms with E-state index in [1.807, 2.05) is 40.3 Å². The SMILES string of the molecule is C=CCn1c(SCC(=O)Nc2nc(-c3ccc(Cl)cc3)cs2)nnc1-c1ccc(OC)c(OC)c1. The van der Waals surface area contributed by atoms with Crippen LogP contribution in [0.5, 0.6) is 11.5 Å². The normalized spacial score (nSPS) is 10.7. The number of rotatable bonds is 10. The van der Waals surface area contributed by atoms with Crippen LogP contribution in [-0.2, 0) is 11.3 Å². The fraction of sp³-hybridized carbons (Fsp3) is 0.167. The summed E-state index contributed by atoms with van der Waals surface area (Å²) in [4.78, 5) is 17.1. The number of thioether (sulfide) groups is 1. The number of methoxy groups -OCH3 is 2.